The summed E-state index contributed by atoms with van der Waals surface area (Å²) in [6.45, 7) is -0.116. The summed E-state index contributed by atoms with van der Waals surface area (Å²) in [5, 5.41) is 13.1. The lowest BCUT2D eigenvalue weighted by molar-refractivity contribution is -0.384. The van der Waals surface area contributed by atoms with E-state index in [0.29, 0.717) is 11.1 Å². The molecule has 1 aromatic heterocycles. The fourth-order valence-corrected chi connectivity index (χ4v) is 1.27. The number of rotatable bonds is 4. The molecule has 0 saturated carbocycles. The summed E-state index contributed by atoms with van der Waals surface area (Å²) in [4.78, 5) is 24.5. The number of hydrogen-bond donors (Lipinski definition) is 2. The first-order valence-corrected chi connectivity index (χ1v) is 4.63. The van der Waals surface area contributed by atoms with E-state index in [0.717, 1.165) is 0 Å². The monoisotopic (exact) mass is 236 g/mol. The van der Waals surface area contributed by atoms with Crippen molar-refractivity contribution in [3.8, 4) is 0 Å². The number of oxazole rings is 1. The smallest absolute Gasteiger partial charge is 0.296 e. The lowest BCUT2D eigenvalue weighted by Gasteiger charge is -1.94. The lowest BCUT2D eigenvalue weighted by Crippen LogP contribution is -2.21. The SMILES string of the molecule is NC(=O)CNc1nc2cc([N+](=O)[O-])ccc2o1. The standard InChI is InChI=1S/C9H8N4O4/c10-8(14)4-11-9-12-6-3-5(13(15)16)1-2-7(6)17-9/h1-3H,4H2,(H2,10,14)(H,11,12). The van der Waals surface area contributed by atoms with Crippen LogP contribution in [0.3, 0.4) is 0 Å². The van der Waals surface area contributed by atoms with E-state index in [1.54, 1.807) is 0 Å². The quantitative estimate of drug-likeness (QED) is 0.592. The Morgan fingerprint density at radius 1 is 1.59 bits per heavy atom. The van der Waals surface area contributed by atoms with Crippen molar-refractivity contribution in [1.82, 2.24) is 4.98 Å². The fraction of sp³-hybridized carbons (Fsp3) is 0.111. The molecule has 17 heavy (non-hydrogen) atoms. The topological polar surface area (TPSA) is 124 Å². The van der Waals surface area contributed by atoms with Crippen LogP contribution in [0.1, 0.15) is 0 Å². The van der Waals surface area contributed by atoms with Gasteiger partial charge in [0.15, 0.2) is 5.58 Å². The van der Waals surface area contributed by atoms with Crippen molar-refractivity contribution in [3.05, 3.63) is 28.3 Å². The van der Waals surface area contributed by atoms with Gasteiger partial charge in [0.05, 0.1) is 11.5 Å². The Hall–Kier alpha value is -2.64. The molecule has 0 aliphatic heterocycles. The molecule has 0 unspecified atom stereocenters. The van der Waals surface area contributed by atoms with Gasteiger partial charge in [0.1, 0.15) is 5.52 Å². The van der Waals surface area contributed by atoms with Crippen molar-refractivity contribution in [3.63, 3.8) is 0 Å². The number of nitrogens with one attached hydrogen (secondary N) is 1. The molecular weight excluding hydrogens is 228 g/mol. The Morgan fingerprint density at radius 3 is 3.00 bits per heavy atom. The number of hydrogen-bond acceptors (Lipinski definition) is 6. The Kier molecular flexibility index (Phi) is 2.61. The van der Waals surface area contributed by atoms with E-state index in [4.69, 9.17) is 10.2 Å². The number of nitro benzene ring substituents is 1. The van der Waals surface area contributed by atoms with Gasteiger partial charge in [0.25, 0.3) is 11.7 Å². The summed E-state index contributed by atoms with van der Waals surface area (Å²) in [6.07, 6.45) is 0. The molecule has 1 heterocycles. The molecule has 0 radical (unpaired) electrons. The van der Waals surface area contributed by atoms with Crippen molar-refractivity contribution in [2.24, 2.45) is 5.73 Å². The van der Waals surface area contributed by atoms with Gasteiger partial charge in [0, 0.05) is 12.1 Å². The van der Waals surface area contributed by atoms with Crippen LogP contribution >= 0.6 is 0 Å². The maximum atomic E-state index is 10.5. The van der Waals surface area contributed by atoms with Crippen LogP contribution in [0.15, 0.2) is 22.6 Å². The number of benzene rings is 1. The molecule has 2 aromatic rings. The van der Waals surface area contributed by atoms with Gasteiger partial charge < -0.3 is 15.5 Å². The van der Waals surface area contributed by atoms with E-state index >= 15 is 0 Å². The minimum absolute atomic E-state index is 0.0766. The summed E-state index contributed by atoms with van der Waals surface area (Å²) in [5.74, 6) is -0.557. The van der Waals surface area contributed by atoms with Crippen molar-refractivity contribution in [1.29, 1.82) is 0 Å². The highest BCUT2D eigenvalue weighted by molar-refractivity contribution is 5.80. The average Bonchev–Trinajstić information content (AvgIpc) is 2.67. The number of nitrogens with zero attached hydrogens (tertiary/aromatic N) is 2. The number of amides is 1. The fourth-order valence-electron chi connectivity index (χ4n) is 1.27. The Labute approximate surface area is 94.6 Å². The van der Waals surface area contributed by atoms with Gasteiger partial charge in [-0.25, -0.2) is 0 Å². The molecule has 0 bridgehead atoms. The normalized spacial score (nSPS) is 10.4. The van der Waals surface area contributed by atoms with Crippen molar-refractivity contribution < 1.29 is 14.1 Å². The zero-order valence-corrected chi connectivity index (χ0v) is 8.54. The maximum Gasteiger partial charge on any atom is 0.296 e. The molecule has 88 valence electrons. The van der Waals surface area contributed by atoms with E-state index in [-0.39, 0.29) is 18.2 Å². The van der Waals surface area contributed by atoms with Gasteiger partial charge in [-0.05, 0) is 6.07 Å². The first-order valence-electron chi connectivity index (χ1n) is 4.63. The van der Waals surface area contributed by atoms with Crippen LogP contribution in [-0.2, 0) is 4.79 Å². The van der Waals surface area contributed by atoms with Crippen LogP contribution in [0.4, 0.5) is 11.7 Å². The summed E-state index contributed by atoms with van der Waals surface area (Å²) in [6, 6.07) is 4.13. The van der Waals surface area contributed by atoms with Gasteiger partial charge in [-0.2, -0.15) is 4.98 Å². The third-order valence-electron chi connectivity index (χ3n) is 2.00. The minimum Gasteiger partial charge on any atom is -0.424 e. The number of nitrogens with two attached hydrogens (primary N) is 1. The predicted molar refractivity (Wildman–Crippen MR) is 58.3 cm³/mol. The van der Waals surface area contributed by atoms with Crippen molar-refractivity contribution in [2.45, 2.75) is 0 Å². The van der Waals surface area contributed by atoms with E-state index in [1.807, 2.05) is 0 Å². The average molecular weight is 236 g/mol. The third kappa shape index (κ3) is 2.30. The Bertz CT molecular complexity index is 592. The van der Waals surface area contributed by atoms with Crippen LogP contribution < -0.4 is 11.1 Å². The van der Waals surface area contributed by atoms with Crippen LogP contribution in [0, 0.1) is 10.1 Å². The van der Waals surface area contributed by atoms with Gasteiger partial charge in [-0.3, -0.25) is 14.9 Å². The Balaban J connectivity index is 2.30. The number of primary amides is 1. The predicted octanol–water partition coefficient (Wildman–Crippen LogP) is 0.633. The number of aromatic nitrogens is 1. The molecule has 0 saturated heterocycles. The van der Waals surface area contributed by atoms with Gasteiger partial charge >= 0.3 is 0 Å². The first-order chi connectivity index (χ1) is 8.06. The van der Waals surface area contributed by atoms with Crippen LogP contribution in [0.2, 0.25) is 0 Å². The van der Waals surface area contributed by atoms with E-state index in [1.165, 1.54) is 18.2 Å². The maximum absolute atomic E-state index is 10.5. The van der Waals surface area contributed by atoms with Gasteiger partial charge in [0.2, 0.25) is 5.91 Å². The van der Waals surface area contributed by atoms with Gasteiger partial charge in [-0.15, -0.1) is 0 Å². The van der Waals surface area contributed by atoms with Gasteiger partial charge in [-0.1, -0.05) is 0 Å². The molecule has 0 fully saturated rings. The number of fused-ring (bicyclic) bond motifs is 1. The summed E-state index contributed by atoms with van der Waals surface area (Å²) >= 11 is 0. The highest BCUT2D eigenvalue weighted by Crippen LogP contribution is 2.23. The third-order valence-corrected chi connectivity index (χ3v) is 2.00. The molecule has 1 aromatic carbocycles. The summed E-state index contributed by atoms with van der Waals surface area (Å²) in [7, 11) is 0. The second kappa shape index (κ2) is 4.08. The molecular formula is C9H8N4O4. The minimum atomic E-state index is -0.557. The van der Waals surface area contributed by atoms with E-state index in [9.17, 15) is 14.9 Å². The molecule has 0 spiro atoms. The molecule has 1 amide bonds. The van der Waals surface area contributed by atoms with Crippen LogP contribution in [0.25, 0.3) is 11.1 Å². The number of carbonyl (C=O) groups is 1. The molecule has 2 rings (SSSR count). The van der Waals surface area contributed by atoms with Crippen molar-refractivity contribution >= 4 is 28.7 Å². The highest BCUT2D eigenvalue weighted by Gasteiger charge is 2.11. The molecule has 8 heteroatoms. The van der Waals surface area contributed by atoms with Crippen molar-refractivity contribution in [2.75, 3.05) is 11.9 Å². The largest absolute Gasteiger partial charge is 0.424 e. The molecule has 8 nitrogen and oxygen atoms in total. The number of carbonyl (C=O) groups excluding carboxylic acids is 1. The highest BCUT2D eigenvalue weighted by atomic mass is 16.6. The molecule has 0 aliphatic carbocycles. The number of anilines is 1. The Morgan fingerprint density at radius 2 is 2.35 bits per heavy atom. The zero-order chi connectivity index (χ0) is 12.4. The zero-order valence-electron chi connectivity index (χ0n) is 8.54. The molecule has 3 N–H and O–H groups in total. The summed E-state index contributed by atoms with van der Waals surface area (Å²) in [5.41, 5.74) is 5.59. The molecule has 0 aliphatic rings. The van der Waals surface area contributed by atoms with Crippen LogP contribution in [-0.4, -0.2) is 22.4 Å². The van der Waals surface area contributed by atoms with E-state index in [2.05, 4.69) is 10.3 Å². The second-order valence-corrected chi connectivity index (χ2v) is 3.25. The second-order valence-electron chi connectivity index (χ2n) is 3.25. The number of nitro groups is 1. The first kappa shape index (κ1) is 10.9. The van der Waals surface area contributed by atoms with Crippen LogP contribution in [0.5, 0.6) is 0 Å². The van der Waals surface area contributed by atoms with E-state index < -0.39 is 10.8 Å². The lowest BCUT2D eigenvalue weighted by atomic mass is 10.3. The summed E-state index contributed by atoms with van der Waals surface area (Å²) < 4.78 is 5.20. The number of non-ortho nitro benzene ring substituents is 1. The molecule has 0 atom stereocenters.